The molecule has 0 aliphatic carbocycles. The standard InChI is InChI=1S/C23H25N3O5/c1-5-15-8-6-7-9-17(15)24-20(27)13-26-22(28)18(25-23(26)29)12-16-10-11-19(30-3)14(2)21(16)31-4/h6-12H,5,13H2,1-4H3,(H,24,27)(H,25,29)/b18-12+. The lowest BCUT2D eigenvalue weighted by Gasteiger charge is -2.14. The average molecular weight is 423 g/mol. The van der Waals surface area contributed by atoms with Gasteiger partial charge >= 0.3 is 6.03 Å². The summed E-state index contributed by atoms with van der Waals surface area (Å²) in [6.45, 7) is 3.42. The molecule has 1 aliphatic rings. The quantitative estimate of drug-likeness (QED) is 0.527. The van der Waals surface area contributed by atoms with Gasteiger partial charge in [0.1, 0.15) is 23.7 Å². The van der Waals surface area contributed by atoms with E-state index in [1.165, 1.54) is 13.2 Å². The lowest BCUT2D eigenvalue weighted by Crippen LogP contribution is -2.38. The van der Waals surface area contributed by atoms with Crippen LogP contribution in [-0.2, 0) is 16.0 Å². The Morgan fingerprint density at radius 1 is 1.13 bits per heavy atom. The van der Waals surface area contributed by atoms with Crippen LogP contribution in [0.5, 0.6) is 11.5 Å². The molecule has 162 valence electrons. The van der Waals surface area contributed by atoms with Crippen molar-refractivity contribution in [1.29, 1.82) is 0 Å². The summed E-state index contributed by atoms with van der Waals surface area (Å²) in [6, 6.07) is 10.2. The van der Waals surface area contributed by atoms with E-state index in [1.807, 2.05) is 32.0 Å². The molecule has 0 unspecified atom stereocenters. The summed E-state index contributed by atoms with van der Waals surface area (Å²) < 4.78 is 10.7. The van der Waals surface area contributed by atoms with Crippen molar-refractivity contribution in [2.75, 3.05) is 26.1 Å². The number of carbonyl (C=O) groups is 3. The van der Waals surface area contributed by atoms with Crippen molar-refractivity contribution < 1.29 is 23.9 Å². The Morgan fingerprint density at radius 3 is 2.55 bits per heavy atom. The molecule has 2 aromatic rings. The largest absolute Gasteiger partial charge is 0.496 e. The zero-order chi connectivity index (χ0) is 22.5. The van der Waals surface area contributed by atoms with E-state index in [9.17, 15) is 14.4 Å². The fraction of sp³-hybridized carbons (Fsp3) is 0.261. The van der Waals surface area contributed by atoms with Crippen molar-refractivity contribution in [3.63, 3.8) is 0 Å². The molecule has 0 bridgehead atoms. The number of para-hydroxylation sites is 1. The number of imide groups is 1. The summed E-state index contributed by atoms with van der Waals surface area (Å²) in [5.74, 6) is 0.135. The summed E-state index contributed by atoms with van der Waals surface area (Å²) in [5.41, 5.74) is 3.07. The second kappa shape index (κ2) is 9.34. The molecule has 2 N–H and O–H groups in total. The second-order valence-corrected chi connectivity index (χ2v) is 6.95. The van der Waals surface area contributed by atoms with Crippen LogP contribution in [0.15, 0.2) is 42.1 Å². The molecule has 0 spiro atoms. The van der Waals surface area contributed by atoms with E-state index in [1.54, 1.807) is 25.3 Å². The molecule has 1 heterocycles. The molecule has 0 saturated carbocycles. The number of aryl methyl sites for hydroxylation is 1. The number of carbonyl (C=O) groups excluding carboxylic acids is 3. The van der Waals surface area contributed by atoms with Gasteiger partial charge < -0.3 is 20.1 Å². The number of rotatable bonds is 7. The van der Waals surface area contributed by atoms with Gasteiger partial charge in [-0.3, -0.25) is 9.59 Å². The minimum absolute atomic E-state index is 0.0645. The van der Waals surface area contributed by atoms with E-state index in [0.717, 1.165) is 22.4 Å². The lowest BCUT2D eigenvalue weighted by atomic mass is 10.1. The van der Waals surface area contributed by atoms with E-state index in [2.05, 4.69) is 10.6 Å². The maximum absolute atomic E-state index is 12.8. The molecule has 2 aromatic carbocycles. The zero-order valence-electron chi connectivity index (χ0n) is 17.9. The summed E-state index contributed by atoms with van der Waals surface area (Å²) in [7, 11) is 3.08. The summed E-state index contributed by atoms with van der Waals surface area (Å²) in [5, 5.41) is 5.29. The van der Waals surface area contributed by atoms with E-state index < -0.39 is 24.4 Å². The van der Waals surface area contributed by atoms with Gasteiger partial charge in [0.2, 0.25) is 5.91 Å². The number of benzene rings is 2. The number of ether oxygens (including phenoxy) is 2. The molecule has 1 aliphatic heterocycles. The van der Waals surface area contributed by atoms with Gasteiger partial charge in [-0.2, -0.15) is 0 Å². The van der Waals surface area contributed by atoms with Crippen LogP contribution in [-0.4, -0.2) is 43.5 Å². The van der Waals surface area contributed by atoms with Crippen molar-refractivity contribution >= 4 is 29.6 Å². The van der Waals surface area contributed by atoms with E-state index in [-0.39, 0.29) is 5.70 Å². The molecule has 0 radical (unpaired) electrons. The Kier molecular flexibility index (Phi) is 6.59. The maximum atomic E-state index is 12.8. The van der Waals surface area contributed by atoms with Crippen LogP contribution in [0, 0.1) is 6.92 Å². The van der Waals surface area contributed by atoms with Crippen molar-refractivity contribution in [3.05, 3.63) is 58.8 Å². The Labute approximate surface area is 180 Å². The van der Waals surface area contributed by atoms with Crippen LogP contribution < -0.4 is 20.1 Å². The van der Waals surface area contributed by atoms with E-state index in [0.29, 0.717) is 22.7 Å². The summed E-state index contributed by atoms with van der Waals surface area (Å²) in [4.78, 5) is 38.5. The third kappa shape index (κ3) is 4.53. The number of methoxy groups -OCH3 is 2. The first-order valence-corrected chi connectivity index (χ1v) is 9.83. The van der Waals surface area contributed by atoms with Gasteiger partial charge in [0.15, 0.2) is 0 Å². The van der Waals surface area contributed by atoms with Gasteiger partial charge in [-0.25, -0.2) is 9.69 Å². The van der Waals surface area contributed by atoms with Gasteiger partial charge in [0.05, 0.1) is 14.2 Å². The zero-order valence-corrected chi connectivity index (χ0v) is 17.9. The number of hydrogen-bond acceptors (Lipinski definition) is 5. The first kappa shape index (κ1) is 21.9. The Hall–Kier alpha value is -3.81. The van der Waals surface area contributed by atoms with E-state index >= 15 is 0 Å². The lowest BCUT2D eigenvalue weighted by molar-refractivity contribution is -0.127. The predicted octanol–water partition coefficient (Wildman–Crippen LogP) is 3.11. The number of anilines is 1. The molecule has 4 amide bonds. The molecule has 1 saturated heterocycles. The number of nitrogens with one attached hydrogen (secondary N) is 2. The Bertz CT molecular complexity index is 1060. The van der Waals surface area contributed by atoms with E-state index in [4.69, 9.17) is 9.47 Å². The molecule has 3 rings (SSSR count). The minimum atomic E-state index is -0.653. The third-order valence-corrected chi connectivity index (χ3v) is 5.05. The van der Waals surface area contributed by atoms with Gasteiger partial charge in [0, 0.05) is 16.8 Å². The topological polar surface area (TPSA) is 97.0 Å². The smallest absolute Gasteiger partial charge is 0.329 e. The average Bonchev–Trinajstić information content (AvgIpc) is 3.01. The van der Waals surface area contributed by atoms with Crippen LogP contribution in [0.2, 0.25) is 0 Å². The van der Waals surface area contributed by atoms with Crippen LogP contribution in [0.4, 0.5) is 10.5 Å². The molecular weight excluding hydrogens is 398 g/mol. The van der Waals surface area contributed by atoms with Crippen molar-refractivity contribution in [2.45, 2.75) is 20.3 Å². The van der Waals surface area contributed by atoms with Crippen molar-refractivity contribution in [1.82, 2.24) is 10.2 Å². The highest BCUT2D eigenvalue weighted by molar-refractivity contribution is 6.16. The number of nitrogens with zero attached hydrogens (tertiary/aromatic N) is 1. The molecule has 0 atom stereocenters. The van der Waals surface area contributed by atoms with Crippen LogP contribution in [0.1, 0.15) is 23.6 Å². The fourth-order valence-electron chi connectivity index (χ4n) is 3.45. The van der Waals surface area contributed by atoms with Gasteiger partial charge in [-0.15, -0.1) is 0 Å². The van der Waals surface area contributed by atoms with Gasteiger partial charge in [-0.05, 0) is 43.2 Å². The fourth-order valence-corrected chi connectivity index (χ4v) is 3.45. The van der Waals surface area contributed by atoms with Crippen molar-refractivity contribution in [3.8, 4) is 11.5 Å². The summed E-state index contributed by atoms with van der Waals surface area (Å²) >= 11 is 0. The SMILES string of the molecule is CCc1ccccc1NC(=O)CN1C(=O)N/C(=C/c2ccc(OC)c(C)c2OC)C1=O. The Balaban J connectivity index is 1.78. The maximum Gasteiger partial charge on any atom is 0.329 e. The molecule has 8 nitrogen and oxygen atoms in total. The normalized spacial score (nSPS) is 14.6. The highest BCUT2D eigenvalue weighted by Crippen LogP contribution is 2.33. The van der Waals surface area contributed by atoms with Crippen LogP contribution >= 0.6 is 0 Å². The Morgan fingerprint density at radius 2 is 1.87 bits per heavy atom. The third-order valence-electron chi connectivity index (χ3n) is 5.05. The monoisotopic (exact) mass is 423 g/mol. The first-order valence-electron chi connectivity index (χ1n) is 9.83. The molecule has 8 heteroatoms. The second-order valence-electron chi connectivity index (χ2n) is 6.95. The number of urea groups is 1. The molecule has 0 aromatic heterocycles. The van der Waals surface area contributed by atoms with Crippen LogP contribution in [0.25, 0.3) is 6.08 Å². The highest BCUT2D eigenvalue weighted by atomic mass is 16.5. The van der Waals surface area contributed by atoms with Crippen molar-refractivity contribution in [2.24, 2.45) is 0 Å². The first-order chi connectivity index (χ1) is 14.9. The molecule has 1 fully saturated rings. The highest BCUT2D eigenvalue weighted by Gasteiger charge is 2.35. The number of amides is 4. The van der Waals surface area contributed by atoms with Gasteiger partial charge in [-0.1, -0.05) is 25.1 Å². The minimum Gasteiger partial charge on any atom is -0.496 e. The summed E-state index contributed by atoms with van der Waals surface area (Å²) in [6.07, 6.45) is 2.27. The molecule has 31 heavy (non-hydrogen) atoms. The molecular formula is C23H25N3O5. The van der Waals surface area contributed by atoms with Gasteiger partial charge in [0.25, 0.3) is 5.91 Å². The van der Waals surface area contributed by atoms with Crippen LogP contribution in [0.3, 0.4) is 0 Å². The predicted molar refractivity (Wildman–Crippen MR) is 117 cm³/mol. The number of hydrogen-bond donors (Lipinski definition) is 2.